The van der Waals surface area contributed by atoms with E-state index in [4.69, 9.17) is 10.8 Å². The molecule has 1 aromatic rings. The van der Waals surface area contributed by atoms with Crippen LogP contribution in [0.15, 0.2) is 18.2 Å². The Balaban J connectivity index is 0. The molecule has 7 heteroatoms. The Morgan fingerprint density at radius 3 is 2.20 bits per heavy atom. The van der Waals surface area contributed by atoms with E-state index in [1.165, 1.54) is 0 Å². The summed E-state index contributed by atoms with van der Waals surface area (Å²) < 4.78 is 0. The summed E-state index contributed by atoms with van der Waals surface area (Å²) in [6, 6.07) is 3.32. The van der Waals surface area contributed by atoms with Crippen LogP contribution in [-0.4, -0.2) is 22.5 Å². The summed E-state index contributed by atoms with van der Waals surface area (Å²) >= 11 is 0. The average molecular weight is 254 g/mol. The van der Waals surface area contributed by atoms with Gasteiger partial charge in [-0.1, -0.05) is 6.07 Å². The molecule has 0 aromatic heterocycles. The van der Waals surface area contributed by atoms with Gasteiger partial charge in [-0.15, -0.1) is 0 Å². The van der Waals surface area contributed by atoms with Crippen LogP contribution in [-0.2, 0) is 17.1 Å². The number of carboxylic acid groups (broad SMARTS) is 2. The topological polar surface area (TPSA) is 135 Å². The molecule has 0 amide bonds. The molecule has 84 valence electrons. The molecular formula is C8H8FeNO5-. The second-order valence-electron chi connectivity index (χ2n) is 2.39. The minimum Gasteiger partial charge on any atom is -0.545 e. The maximum absolute atomic E-state index is 10.5. The second kappa shape index (κ2) is 6.02. The molecule has 0 unspecified atom stereocenters. The maximum atomic E-state index is 10.5. The number of hydrogen-bond acceptors (Lipinski definition) is 4. The number of carbonyl (C=O) groups is 2. The van der Waals surface area contributed by atoms with Crippen LogP contribution in [0.4, 0.5) is 5.69 Å². The number of nitrogens with two attached hydrogens (primary N) is 1. The summed E-state index contributed by atoms with van der Waals surface area (Å²) in [5.74, 6) is -2.58. The molecule has 0 aliphatic rings. The fourth-order valence-corrected chi connectivity index (χ4v) is 0.884. The van der Waals surface area contributed by atoms with E-state index >= 15 is 0 Å². The van der Waals surface area contributed by atoms with Crippen molar-refractivity contribution in [3.63, 3.8) is 0 Å². The average Bonchev–Trinajstić information content (AvgIpc) is 2.03. The minimum atomic E-state index is -1.39. The normalized spacial score (nSPS) is 8.27. The van der Waals surface area contributed by atoms with Gasteiger partial charge in [-0.05, 0) is 17.7 Å². The summed E-state index contributed by atoms with van der Waals surface area (Å²) in [6.07, 6.45) is 0. The summed E-state index contributed by atoms with van der Waals surface area (Å²) in [5, 5.41) is 18.9. The zero-order chi connectivity index (χ0) is 10.0. The Hall–Kier alpha value is -1.56. The standard InChI is InChI=1S/C8H7NO4.Fe.H2O/c9-6-3-4(7(10)11)1-2-5(6)8(12)13;;/h1-3H,9H2,(H,10,11)(H,12,13);;1H2/p-1. The van der Waals surface area contributed by atoms with E-state index in [-0.39, 0.29) is 39.4 Å². The van der Waals surface area contributed by atoms with Gasteiger partial charge in [0.1, 0.15) is 0 Å². The van der Waals surface area contributed by atoms with E-state index in [9.17, 15) is 14.7 Å². The first-order chi connectivity index (χ1) is 6.02. The zero-order valence-electron chi connectivity index (χ0n) is 7.33. The number of carboxylic acids is 2. The first kappa shape index (κ1) is 15.9. The van der Waals surface area contributed by atoms with Gasteiger partial charge in [0.25, 0.3) is 0 Å². The smallest absolute Gasteiger partial charge is 0.337 e. The van der Waals surface area contributed by atoms with Crippen LogP contribution in [0, 0.1) is 0 Å². The van der Waals surface area contributed by atoms with E-state index in [1.54, 1.807) is 0 Å². The monoisotopic (exact) mass is 254 g/mol. The van der Waals surface area contributed by atoms with Crippen LogP contribution in [0.2, 0.25) is 0 Å². The molecule has 0 saturated heterocycles. The summed E-state index contributed by atoms with van der Waals surface area (Å²) in [6.45, 7) is 0. The van der Waals surface area contributed by atoms with Gasteiger partial charge in [0.15, 0.2) is 0 Å². The van der Waals surface area contributed by atoms with Crippen molar-refractivity contribution in [2.24, 2.45) is 0 Å². The minimum absolute atomic E-state index is 0. The van der Waals surface area contributed by atoms with Crippen molar-refractivity contribution >= 4 is 17.6 Å². The van der Waals surface area contributed by atoms with Gasteiger partial charge in [0, 0.05) is 22.8 Å². The molecule has 0 radical (unpaired) electrons. The molecule has 1 rings (SSSR count). The summed E-state index contributed by atoms with van der Waals surface area (Å²) in [7, 11) is 0. The number of nitrogen functional groups attached to an aromatic ring is 1. The van der Waals surface area contributed by atoms with Crippen molar-refractivity contribution in [3.05, 3.63) is 29.3 Å². The van der Waals surface area contributed by atoms with E-state index < -0.39 is 11.9 Å². The van der Waals surface area contributed by atoms with Gasteiger partial charge < -0.3 is 26.2 Å². The van der Waals surface area contributed by atoms with Crippen molar-refractivity contribution in [2.45, 2.75) is 0 Å². The number of hydrogen-bond donors (Lipinski definition) is 2. The van der Waals surface area contributed by atoms with Crippen LogP contribution < -0.4 is 10.8 Å². The molecule has 0 aliphatic heterocycles. The Bertz CT molecular complexity index is 379. The van der Waals surface area contributed by atoms with Crippen molar-refractivity contribution in [3.8, 4) is 0 Å². The van der Waals surface area contributed by atoms with Crippen LogP contribution in [0.1, 0.15) is 20.7 Å². The van der Waals surface area contributed by atoms with Crippen LogP contribution in [0.25, 0.3) is 0 Å². The first-order valence-electron chi connectivity index (χ1n) is 3.36. The van der Waals surface area contributed by atoms with E-state index in [0.717, 1.165) is 18.2 Å². The van der Waals surface area contributed by atoms with Gasteiger partial charge >= 0.3 is 5.97 Å². The molecule has 5 N–H and O–H groups in total. The van der Waals surface area contributed by atoms with E-state index in [2.05, 4.69) is 0 Å². The molecule has 15 heavy (non-hydrogen) atoms. The molecule has 0 bridgehead atoms. The molecule has 0 aliphatic carbocycles. The molecule has 6 nitrogen and oxygen atoms in total. The van der Waals surface area contributed by atoms with E-state index in [1.807, 2.05) is 0 Å². The quantitative estimate of drug-likeness (QED) is 0.489. The fourth-order valence-electron chi connectivity index (χ4n) is 0.884. The van der Waals surface area contributed by atoms with Crippen molar-refractivity contribution < 1.29 is 42.3 Å². The number of carbonyl (C=O) groups excluding carboxylic acids is 1. The van der Waals surface area contributed by atoms with Gasteiger partial charge in [-0.3, -0.25) is 0 Å². The Labute approximate surface area is 95.5 Å². The third kappa shape index (κ3) is 3.59. The third-order valence-electron chi connectivity index (χ3n) is 1.52. The predicted octanol–water partition coefficient (Wildman–Crippen LogP) is -1.50. The number of aromatic carboxylic acids is 2. The van der Waals surface area contributed by atoms with Crippen LogP contribution in [0.5, 0.6) is 0 Å². The van der Waals surface area contributed by atoms with Gasteiger partial charge in [-0.25, -0.2) is 4.79 Å². The van der Waals surface area contributed by atoms with Crippen molar-refractivity contribution in [2.75, 3.05) is 5.73 Å². The van der Waals surface area contributed by atoms with Crippen molar-refractivity contribution in [1.29, 1.82) is 0 Å². The molecule has 0 spiro atoms. The number of rotatable bonds is 2. The number of benzene rings is 1. The molecule has 0 saturated carbocycles. The van der Waals surface area contributed by atoms with Crippen LogP contribution in [0.3, 0.4) is 0 Å². The van der Waals surface area contributed by atoms with Crippen LogP contribution >= 0.6 is 0 Å². The molecular weight excluding hydrogens is 246 g/mol. The van der Waals surface area contributed by atoms with Gasteiger partial charge in [0.2, 0.25) is 0 Å². The largest absolute Gasteiger partial charge is 0.545 e. The SMILES string of the molecule is Nc1cc(C(=O)[O-])ccc1C(=O)O.O.[Fe]. The second-order valence-corrected chi connectivity index (χ2v) is 2.39. The van der Waals surface area contributed by atoms with Crippen molar-refractivity contribution in [1.82, 2.24) is 0 Å². The summed E-state index contributed by atoms with van der Waals surface area (Å²) in [4.78, 5) is 20.8. The fraction of sp³-hybridized carbons (Fsp3) is 0. The van der Waals surface area contributed by atoms with E-state index in [0.29, 0.717) is 0 Å². The Kier molecular flexibility index (Phi) is 6.38. The summed E-state index contributed by atoms with van der Waals surface area (Å²) in [5.41, 5.74) is 4.94. The molecule has 0 fully saturated rings. The molecule has 0 atom stereocenters. The first-order valence-corrected chi connectivity index (χ1v) is 3.36. The molecule has 1 aromatic carbocycles. The Morgan fingerprint density at radius 2 is 1.87 bits per heavy atom. The third-order valence-corrected chi connectivity index (χ3v) is 1.52. The maximum Gasteiger partial charge on any atom is 0.337 e. The predicted molar refractivity (Wildman–Crippen MR) is 45.8 cm³/mol. The zero-order valence-corrected chi connectivity index (χ0v) is 8.44. The number of anilines is 1. The van der Waals surface area contributed by atoms with Gasteiger partial charge in [0.05, 0.1) is 11.5 Å². The van der Waals surface area contributed by atoms with Gasteiger partial charge in [-0.2, -0.15) is 0 Å². The molecule has 0 heterocycles. The Morgan fingerprint density at radius 1 is 1.33 bits per heavy atom.